The van der Waals surface area contributed by atoms with E-state index in [1.54, 1.807) is 60.7 Å². The van der Waals surface area contributed by atoms with Crippen LogP contribution in [0.25, 0.3) is 0 Å². The van der Waals surface area contributed by atoms with Crippen molar-refractivity contribution < 1.29 is 35.8 Å². The molecule has 0 amide bonds. The second-order valence-corrected chi connectivity index (χ2v) is 7.62. The second-order valence-electron chi connectivity index (χ2n) is 7.62. The van der Waals surface area contributed by atoms with Crippen LogP contribution in [0.4, 0.5) is 26.3 Å². The Balaban J connectivity index is 1.74. The second kappa shape index (κ2) is 9.37. The Kier molecular flexibility index (Phi) is 6.47. The number of alkyl halides is 6. The van der Waals surface area contributed by atoms with E-state index >= 15 is 0 Å². The van der Waals surface area contributed by atoms with E-state index in [9.17, 15) is 26.3 Å². The molecule has 8 heteroatoms. The van der Waals surface area contributed by atoms with Crippen molar-refractivity contribution in [2.45, 2.75) is 17.8 Å². The molecule has 0 fully saturated rings. The smallest absolute Gasteiger partial charge is 0.411 e. The molecule has 0 N–H and O–H groups in total. The molecule has 0 aromatic heterocycles. The minimum atomic E-state index is -5.69. The van der Waals surface area contributed by atoms with Crippen LogP contribution in [0.5, 0.6) is 23.0 Å². The van der Waals surface area contributed by atoms with E-state index in [4.69, 9.17) is 9.47 Å². The van der Waals surface area contributed by atoms with E-state index in [2.05, 4.69) is 0 Å². The highest BCUT2D eigenvalue weighted by molar-refractivity contribution is 5.48. The monoisotopic (exact) mass is 488 g/mol. The molecule has 0 saturated carbocycles. The average Bonchev–Trinajstić information content (AvgIpc) is 2.81. The summed E-state index contributed by atoms with van der Waals surface area (Å²) in [5, 5.41) is 0. The van der Waals surface area contributed by atoms with Gasteiger partial charge in [0.05, 0.1) is 0 Å². The Bertz CT molecular complexity index is 1130. The molecule has 35 heavy (non-hydrogen) atoms. The molecule has 4 aromatic rings. The summed E-state index contributed by atoms with van der Waals surface area (Å²) in [6.07, 6.45) is -11.4. The lowest BCUT2D eigenvalue weighted by Crippen LogP contribution is -2.54. The Morgan fingerprint density at radius 2 is 0.657 bits per heavy atom. The molecule has 2 nitrogen and oxygen atoms in total. The normalized spacial score (nSPS) is 12.3. The summed E-state index contributed by atoms with van der Waals surface area (Å²) in [6, 6.07) is 24.2. The summed E-state index contributed by atoms with van der Waals surface area (Å²) in [5.74, 6) is 0.994. The molecule has 0 bridgehead atoms. The Morgan fingerprint density at radius 3 is 0.943 bits per heavy atom. The molecule has 4 aromatic carbocycles. The van der Waals surface area contributed by atoms with Gasteiger partial charge in [-0.05, 0) is 59.7 Å². The van der Waals surface area contributed by atoms with Crippen LogP contribution in [0.3, 0.4) is 0 Å². The summed E-state index contributed by atoms with van der Waals surface area (Å²) in [4.78, 5) is 0. The summed E-state index contributed by atoms with van der Waals surface area (Å²) < 4.78 is 97.2. The number of benzene rings is 4. The van der Waals surface area contributed by atoms with Gasteiger partial charge in [0, 0.05) is 0 Å². The van der Waals surface area contributed by atoms with Crippen molar-refractivity contribution in [1.29, 1.82) is 0 Å². The predicted molar refractivity (Wildman–Crippen MR) is 119 cm³/mol. The first-order valence-corrected chi connectivity index (χ1v) is 10.4. The molecule has 0 unspecified atom stereocenters. The molecule has 0 atom stereocenters. The minimum absolute atomic E-state index is 0.102. The third-order valence-corrected chi connectivity index (χ3v) is 5.38. The first-order chi connectivity index (χ1) is 16.6. The molecule has 0 heterocycles. The van der Waals surface area contributed by atoms with Crippen LogP contribution >= 0.6 is 0 Å². The quantitative estimate of drug-likeness (QED) is 0.253. The van der Waals surface area contributed by atoms with E-state index in [-0.39, 0.29) is 11.5 Å². The molecule has 0 radical (unpaired) electrons. The fourth-order valence-electron chi connectivity index (χ4n) is 3.78. The minimum Gasteiger partial charge on any atom is -0.457 e. The molecule has 4 rings (SSSR count). The van der Waals surface area contributed by atoms with Gasteiger partial charge in [-0.25, -0.2) is 0 Å². The fourth-order valence-corrected chi connectivity index (χ4v) is 3.78. The standard InChI is InChI=1S/C27H18F6O2/c28-26(29,30)25(27(31,32)33,19-11-15-23(16-12-19)34-21-7-3-1-4-8-21)20-13-17-24(18-14-20)35-22-9-5-2-6-10-22/h1-18H. The molecule has 0 spiro atoms. The highest BCUT2D eigenvalue weighted by Gasteiger charge is 2.72. The van der Waals surface area contributed by atoms with Crippen LogP contribution in [0.1, 0.15) is 11.1 Å². The van der Waals surface area contributed by atoms with Gasteiger partial charge in [0.2, 0.25) is 5.41 Å². The molecule has 0 aliphatic heterocycles. The number of hydrogen-bond acceptors (Lipinski definition) is 2. The number of para-hydroxylation sites is 2. The van der Waals surface area contributed by atoms with Crippen molar-refractivity contribution in [3.05, 3.63) is 120 Å². The van der Waals surface area contributed by atoms with Gasteiger partial charge in [0.15, 0.2) is 0 Å². The van der Waals surface area contributed by atoms with Crippen LogP contribution in [-0.2, 0) is 5.41 Å². The van der Waals surface area contributed by atoms with Crippen LogP contribution in [0, 0.1) is 0 Å². The summed E-state index contributed by atoms with van der Waals surface area (Å²) in [6.45, 7) is 0. The molecule has 0 aliphatic rings. The molecular weight excluding hydrogens is 470 g/mol. The van der Waals surface area contributed by atoms with Gasteiger partial charge in [-0.3, -0.25) is 0 Å². The predicted octanol–water partition coefficient (Wildman–Crippen LogP) is 8.68. The van der Waals surface area contributed by atoms with Crippen molar-refractivity contribution in [3.8, 4) is 23.0 Å². The van der Waals surface area contributed by atoms with E-state index in [0.717, 1.165) is 48.5 Å². The van der Waals surface area contributed by atoms with Crippen LogP contribution in [-0.4, -0.2) is 12.4 Å². The lowest BCUT2D eigenvalue weighted by molar-refractivity contribution is -0.288. The zero-order chi connectivity index (χ0) is 25.1. The Labute approximate surface area is 197 Å². The lowest BCUT2D eigenvalue weighted by Gasteiger charge is -2.38. The molecule has 0 aliphatic carbocycles. The summed E-state index contributed by atoms with van der Waals surface area (Å²) >= 11 is 0. The van der Waals surface area contributed by atoms with Crippen molar-refractivity contribution in [2.24, 2.45) is 0 Å². The van der Waals surface area contributed by atoms with Crippen molar-refractivity contribution in [2.75, 3.05) is 0 Å². The third-order valence-electron chi connectivity index (χ3n) is 5.38. The maximum absolute atomic E-state index is 14.4. The van der Waals surface area contributed by atoms with Crippen molar-refractivity contribution in [1.82, 2.24) is 0 Å². The largest absolute Gasteiger partial charge is 0.457 e. The topological polar surface area (TPSA) is 18.5 Å². The van der Waals surface area contributed by atoms with Crippen molar-refractivity contribution in [3.63, 3.8) is 0 Å². The van der Waals surface area contributed by atoms with Gasteiger partial charge >= 0.3 is 12.4 Å². The Morgan fingerprint density at radius 1 is 0.371 bits per heavy atom. The molecule has 180 valence electrons. The summed E-state index contributed by atoms with van der Waals surface area (Å²) in [5.41, 5.74) is -6.21. The van der Waals surface area contributed by atoms with E-state index in [1.165, 1.54) is 0 Å². The molecule has 0 saturated heterocycles. The molecular formula is C27H18F6O2. The maximum Gasteiger partial charge on any atom is 0.411 e. The highest BCUT2D eigenvalue weighted by atomic mass is 19.4. The van der Waals surface area contributed by atoms with E-state index in [1.807, 2.05) is 0 Å². The van der Waals surface area contributed by atoms with Gasteiger partial charge < -0.3 is 9.47 Å². The van der Waals surface area contributed by atoms with E-state index in [0.29, 0.717) is 11.5 Å². The van der Waals surface area contributed by atoms with Crippen LogP contribution in [0.15, 0.2) is 109 Å². The lowest BCUT2D eigenvalue weighted by atomic mass is 9.73. The number of halogens is 6. The number of hydrogen-bond donors (Lipinski definition) is 0. The van der Waals surface area contributed by atoms with E-state index < -0.39 is 28.9 Å². The van der Waals surface area contributed by atoms with Gasteiger partial charge in [0.1, 0.15) is 23.0 Å². The van der Waals surface area contributed by atoms with Crippen LogP contribution < -0.4 is 9.47 Å². The fraction of sp³-hybridized carbons (Fsp3) is 0.111. The van der Waals surface area contributed by atoms with Gasteiger partial charge in [0.25, 0.3) is 0 Å². The van der Waals surface area contributed by atoms with Gasteiger partial charge in [-0.15, -0.1) is 0 Å². The zero-order valence-electron chi connectivity index (χ0n) is 18.0. The average molecular weight is 488 g/mol. The zero-order valence-corrected chi connectivity index (χ0v) is 18.0. The number of ether oxygens (including phenoxy) is 2. The van der Waals surface area contributed by atoms with Crippen LogP contribution in [0.2, 0.25) is 0 Å². The number of rotatable bonds is 6. The highest BCUT2D eigenvalue weighted by Crippen LogP contribution is 2.56. The SMILES string of the molecule is FC(F)(F)C(c1ccc(Oc2ccccc2)cc1)(c1ccc(Oc2ccccc2)cc1)C(F)(F)F. The Hall–Kier alpha value is -3.94. The van der Waals surface area contributed by atoms with Gasteiger partial charge in [-0.2, -0.15) is 26.3 Å². The first kappa shape index (κ1) is 24.2. The van der Waals surface area contributed by atoms with Gasteiger partial charge in [-0.1, -0.05) is 60.7 Å². The maximum atomic E-state index is 14.4. The van der Waals surface area contributed by atoms with Crippen molar-refractivity contribution >= 4 is 0 Å². The third kappa shape index (κ3) is 4.82. The first-order valence-electron chi connectivity index (χ1n) is 10.4. The summed E-state index contributed by atoms with van der Waals surface area (Å²) in [7, 11) is 0.